The quantitative estimate of drug-likeness (QED) is 0.245. The van der Waals surface area contributed by atoms with Crippen molar-refractivity contribution >= 4 is 18.5 Å². The summed E-state index contributed by atoms with van der Waals surface area (Å²) in [5, 5.41) is 8.08. The van der Waals surface area contributed by atoms with Crippen molar-refractivity contribution in [2.45, 2.75) is 25.7 Å². The lowest BCUT2D eigenvalue weighted by molar-refractivity contribution is -0.129. The van der Waals surface area contributed by atoms with E-state index in [9.17, 15) is 4.79 Å². The van der Waals surface area contributed by atoms with Crippen LogP contribution in [0.2, 0.25) is 0 Å². The largest absolute Gasteiger partial charge is 0.289 e. The Labute approximate surface area is 66.2 Å². The lowest BCUT2D eigenvalue weighted by Crippen LogP contribution is -2.17. The summed E-state index contributed by atoms with van der Waals surface area (Å²) >= 11 is 4.02. The number of amides is 1. The van der Waals surface area contributed by atoms with Crippen LogP contribution in [0.15, 0.2) is 0 Å². The zero-order valence-electron chi connectivity index (χ0n) is 5.84. The molecule has 0 radical (unpaired) electrons. The van der Waals surface area contributed by atoms with Gasteiger partial charge in [0, 0.05) is 6.42 Å². The van der Waals surface area contributed by atoms with Crippen LogP contribution in [0.3, 0.4) is 0 Å². The van der Waals surface area contributed by atoms with Crippen LogP contribution in [-0.2, 0) is 4.79 Å². The van der Waals surface area contributed by atoms with Gasteiger partial charge < -0.3 is 0 Å². The predicted octanol–water partition coefficient (Wildman–Crippen LogP) is 0.982. The molecule has 0 atom stereocenters. The molecule has 0 aliphatic heterocycles. The number of thiol groups is 1. The summed E-state index contributed by atoms with van der Waals surface area (Å²) in [5.41, 5.74) is 1.58. The first-order chi connectivity index (χ1) is 4.81. The molecule has 0 fully saturated rings. The monoisotopic (exact) mass is 163 g/mol. The Morgan fingerprint density at radius 3 is 2.60 bits per heavy atom. The number of carbonyl (C=O) groups is 1. The first-order valence-corrected chi connectivity index (χ1v) is 3.98. The molecule has 0 aromatic carbocycles. The van der Waals surface area contributed by atoms with Gasteiger partial charge in [0.05, 0.1) is 0 Å². The van der Waals surface area contributed by atoms with E-state index in [2.05, 4.69) is 12.6 Å². The summed E-state index contributed by atoms with van der Waals surface area (Å²) in [6.45, 7) is 0. The Bertz CT molecular complexity index is 97.7. The number of nitrogens with one attached hydrogen (secondary N) is 1. The third kappa shape index (κ3) is 5.91. The van der Waals surface area contributed by atoms with Gasteiger partial charge in [-0.1, -0.05) is 6.42 Å². The molecule has 0 aromatic rings. The first kappa shape index (κ1) is 9.78. The molecule has 60 valence electrons. The van der Waals surface area contributed by atoms with Gasteiger partial charge in [0.25, 0.3) is 0 Å². The molecule has 0 unspecified atom stereocenters. The maximum atomic E-state index is 10.4. The summed E-state index contributed by atoms with van der Waals surface area (Å²) < 4.78 is 0. The maximum Gasteiger partial charge on any atom is 0.243 e. The summed E-state index contributed by atoms with van der Waals surface area (Å²) in [4.78, 5) is 10.4. The zero-order valence-corrected chi connectivity index (χ0v) is 6.73. The highest BCUT2D eigenvalue weighted by molar-refractivity contribution is 7.80. The average molecular weight is 163 g/mol. The van der Waals surface area contributed by atoms with Crippen LogP contribution >= 0.6 is 12.6 Å². The van der Waals surface area contributed by atoms with Gasteiger partial charge in [-0.25, -0.2) is 5.48 Å². The van der Waals surface area contributed by atoms with E-state index < -0.39 is 0 Å². The molecule has 0 spiro atoms. The Morgan fingerprint density at radius 1 is 1.40 bits per heavy atom. The van der Waals surface area contributed by atoms with Gasteiger partial charge in [-0.2, -0.15) is 12.6 Å². The SMILES string of the molecule is O=C(CCCCCS)NO. The van der Waals surface area contributed by atoms with Crippen molar-refractivity contribution in [3.05, 3.63) is 0 Å². The molecule has 4 heteroatoms. The van der Waals surface area contributed by atoms with Crippen molar-refractivity contribution < 1.29 is 10.0 Å². The molecule has 3 nitrogen and oxygen atoms in total. The number of rotatable bonds is 5. The van der Waals surface area contributed by atoms with Crippen LogP contribution in [0.25, 0.3) is 0 Å². The molecule has 0 rings (SSSR count). The van der Waals surface area contributed by atoms with Crippen LogP contribution in [0.1, 0.15) is 25.7 Å². The Hall–Kier alpha value is -0.220. The average Bonchev–Trinajstić information content (AvgIpc) is 1.98. The second-order valence-corrected chi connectivity index (χ2v) is 2.52. The van der Waals surface area contributed by atoms with E-state index in [1.807, 2.05) is 0 Å². The second-order valence-electron chi connectivity index (χ2n) is 2.07. The van der Waals surface area contributed by atoms with Gasteiger partial charge in [0.2, 0.25) is 5.91 Å². The molecule has 0 aliphatic rings. The summed E-state index contributed by atoms with van der Waals surface area (Å²) in [6, 6.07) is 0. The van der Waals surface area contributed by atoms with E-state index in [4.69, 9.17) is 5.21 Å². The van der Waals surface area contributed by atoms with E-state index in [1.165, 1.54) is 0 Å². The minimum Gasteiger partial charge on any atom is -0.289 e. The van der Waals surface area contributed by atoms with Crippen molar-refractivity contribution in [3.63, 3.8) is 0 Å². The van der Waals surface area contributed by atoms with E-state index >= 15 is 0 Å². The zero-order chi connectivity index (χ0) is 7.82. The molecule has 1 amide bonds. The fourth-order valence-electron chi connectivity index (χ4n) is 0.630. The molecular formula is C6H13NO2S. The maximum absolute atomic E-state index is 10.4. The molecule has 0 aromatic heterocycles. The van der Waals surface area contributed by atoms with Crippen molar-refractivity contribution in [1.29, 1.82) is 0 Å². The number of unbranched alkanes of at least 4 members (excludes halogenated alkanes) is 2. The molecule has 0 bridgehead atoms. The smallest absolute Gasteiger partial charge is 0.243 e. The number of hydrogen-bond donors (Lipinski definition) is 3. The second kappa shape index (κ2) is 6.89. The Kier molecular flexibility index (Phi) is 6.74. The minimum atomic E-state index is -0.306. The molecule has 0 heterocycles. The highest BCUT2D eigenvalue weighted by Crippen LogP contribution is 1.99. The Balaban J connectivity index is 2.96. The Morgan fingerprint density at radius 2 is 2.10 bits per heavy atom. The molecule has 0 saturated carbocycles. The van der Waals surface area contributed by atoms with Crippen LogP contribution in [0.5, 0.6) is 0 Å². The standard InChI is InChI=1S/C6H13NO2S/c8-6(7-9)4-2-1-3-5-10/h9-10H,1-5H2,(H,7,8). The first-order valence-electron chi connectivity index (χ1n) is 3.35. The van der Waals surface area contributed by atoms with Crippen molar-refractivity contribution in [2.75, 3.05) is 5.75 Å². The van der Waals surface area contributed by atoms with Crippen LogP contribution in [0, 0.1) is 0 Å². The topological polar surface area (TPSA) is 49.3 Å². The number of hydroxylamine groups is 1. The predicted molar refractivity (Wildman–Crippen MR) is 42.3 cm³/mol. The summed E-state index contributed by atoms with van der Waals surface area (Å²) in [6.07, 6.45) is 3.26. The lowest BCUT2D eigenvalue weighted by Gasteiger charge is -1.96. The molecule has 0 aliphatic carbocycles. The van der Waals surface area contributed by atoms with E-state index in [0.717, 1.165) is 25.0 Å². The van der Waals surface area contributed by atoms with Crippen molar-refractivity contribution in [1.82, 2.24) is 5.48 Å². The van der Waals surface area contributed by atoms with Gasteiger partial charge in [-0.05, 0) is 18.6 Å². The van der Waals surface area contributed by atoms with Gasteiger partial charge in [0.15, 0.2) is 0 Å². The van der Waals surface area contributed by atoms with E-state index in [0.29, 0.717) is 6.42 Å². The van der Waals surface area contributed by atoms with E-state index in [1.54, 1.807) is 5.48 Å². The van der Waals surface area contributed by atoms with Crippen LogP contribution < -0.4 is 5.48 Å². The van der Waals surface area contributed by atoms with Crippen LogP contribution in [-0.4, -0.2) is 16.9 Å². The fourth-order valence-corrected chi connectivity index (χ4v) is 0.854. The van der Waals surface area contributed by atoms with Crippen molar-refractivity contribution in [3.8, 4) is 0 Å². The normalized spacial score (nSPS) is 9.40. The van der Waals surface area contributed by atoms with Gasteiger partial charge in [0.1, 0.15) is 0 Å². The minimum absolute atomic E-state index is 0.306. The third-order valence-corrected chi connectivity index (χ3v) is 1.50. The third-order valence-electron chi connectivity index (χ3n) is 1.19. The number of carbonyl (C=O) groups excluding carboxylic acids is 1. The number of hydrogen-bond acceptors (Lipinski definition) is 3. The molecule has 10 heavy (non-hydrogen) atoms. The molecule has 0 saturated heterocycles. The van der Waals surface area contributed by atoms with Gasteiger partial charge >= 0.3 is 0 Å². The van der Waals surface area contributed by atoms with Crippen LogP contribution in [0.4, 0.5) is 0 Å². The highest BCUT2D eigenvalue weighted by Gasteiger charge is 1.96. The highest BCUT2D eigenvalue weighted by atomic mass is 32.1. The van der Waals surface area contributed by atoms with E-state index in [-0.39, 0.29) is 5.91 Å². The lowest BCUT2D eigenvalue weighted by atomic mass is 10.2. The van der Waals surface area contributed by atoms with Gasteiger partial charge in [-0.3, -0.25) is 10.0 Å². The fraction of sp³-hybridized carbons (Fsp3) is 0.833. The van der Waals surface area contributed by atoms with Gasteiger partial charge in [-0.15, -0.1) is 0 Å². The molecule has 2 N–H and O–H groups in total. The summed E-state index contributed by atoms with van der Waals surface area (Å²) in [7, 11) is 0. The summed E-state index contributed by atoms with van der Waals surface area (Å²) in [5.74, 6) is 0.556. The van der Waals surface area contributed by atoms with Crippen molar-refractivity contribution in [2.24, 2.45) is 0 Å². The molecular weight excluding hydrogens is 150 g/mol.